The van der Waals surface area contributed by atoms with E-state index in [0.717, 1.165) is 24.2 Å². The third-order valence-electron chi connectivity index (χ3n) is 6.26. The number of benzene rings is 3. The highest BCUT2D eigenvalue weighted by molar-refractivity contribution is 5.51. The van der Waals surface area contributed by atoms with Gasteiger partial charge in [-0.2, -0.15) is 0 Å². The van der Waals surface area contributed by atoms with Gasteiger partial charge in [-0.3, -0.25) is 0 Å². The first-order chi connectivity index (χ1) is 14.1. The van der Waals surface area contributed by atoms with E-state index in [1.165, 1.54) is 41.6 Å². The summed E-state index contributed by atoms with van der Waals surface area (Å²) >= 11 is 0. The fourth-order valence-electron chi connectivity index (χ4n) is 4.50. The SMILES string of the molecule is Cc1ccc(CC(O)(c2ccccc2)c2ccc(N3CCCCC3)cc2)c(C)c1. The summed E-state index contributed by atoms with van der Waals surface area (Å²) in [6, 6.07) is 25.1. The minimum absolute atomic E-state index is 0.562. The van der Waals surface area contributed by atoms with Crippen molar-refractivity contribution >= 4 is 5.69 Å². The first kappa shape index (κ1) is 19.7. The molecule has 1 heterocycles. The van der Waals surface area contributed by atoms with Crippen molar-refractivity contribution in [2.45, 2.75) is 45.1 Å². The van der Waals surface area contributed by atoms with Gasteiger partial charge in [0.25, 0.3) is 0 Å². The van der Waals surface area contributed by atoms with Gasteiger partial charge >= 0.3 is 0 Å². The molecule has 150 valence electrons. The normalized spacial score (nSPS) is 16.4. The monoisotopic (exact) mass is 385 g/mol. The third kappa shape index (κ3) is 4.23. The molecule has 1 saturated heterocycles. The van der Waals surface area contributed by atoms with Gasteiger partial charge in [-0.15, -0.1) is 0 Å². The van der Waals surface area contributed by atoms with Crippen LogP contribution in [0.5, 0.6) is 0 Å². The molecule has 0 aromatic heterocycles. The van der Waals surface area contributed by atoms with Crippen LogP contribution in [-0.4, -0.2) is 18.2 Å². The first-order valence-corrected chi connectivity index (χ1v) is 10.8. The summed E-state index contributed by atoms with van der Waals surface area (Å²) in [7, 11) is 0. The van der Waals surface area contributed by atoms with Gasteiger partial charge in [-0.05, 0) is 67.5 Å². The van der Waals surface area contributed by atoms with Crippen molar-refractivity contribution in [1.82, 2.24) is 0 Å². The van der Waals surface area contributed by atoms with E-state index in [1.807, 2.05) is 30.3 Å². The van der Waals surface area contributed by atoms with Crippen molar-refractivity contribution in [2.75, 3.05) is 18.0 Å². The standard InChI is InChI=1S/C27H31NO/c1-21-11-12-23(22(2)19-21)20-27(29,24-9-5-3-6-10-24)25-13-15-26(16-14-25)28-17-7-4-8-18-28/h3,5-6,9-16,19,29H,4,7-8,17-18,20H2,1-2H3. The van der Waals surface area contributed by atoms with Crippen LogP contribution < -0.4 is 4.90 Å². The molecular weight excluding hydrogens is 354 g/mol. The van der Waals surface area contributed by atoms with Gasteiger partial charge in [-0.1, -0.05) is 66.2 Å². The Morgan fingerprint density at radius 3 is 2.10 bits per heavy atom. The number of hydrogen-bond donors (Lipinski definition) is 1. The van der Waals surface area contributed by atoms with Crippen molar-refractivity contribution in [2.24, 2.45) is 0 Å². The lowest BCUT2D eigenvalue weighted by atomic mass is 9.80. The Hall–Kier alpha value is -2.58. The van der Waals surface area contributed by atoms with Gasteiger partial charge in [0.1, 0.15) is 5.60 Å². The van der Waals surface area contributed by atoms with Crippen LogP contribution in [0, 0.1) is 13.8 Å². The molecule has 0 aliphatic carbocycles. The second-order valence-corrected chi connectivity index (χ2v) is 8.43. The van der Waals surface area contributed by atoms with Gasteiger partial charge in [0.2, 0.25) is 0 Å². The number of nitrogens with zero attached hydrogens (tertiary/aromatic N) is 1. The molecule has 1 N–H and O–H groups in total. The summed E-state index contributed by atoms with van der Waals surface area (Å²) < 4.78 is 0. The second-order valence-electron chi connectivity index (χ2n) is 8.43. The molecule has 4 rings (SSSR count). The Kier molecular flexibility index (Phi) is 5.73. The molecule has 3 aromatic rings. The number of aliphatic hydroxyl groups is 1. The minimum Gasteiger partial charge on any atom is -0.380 e. The topological polar surface area (TPSA) is 23.5 Å². The van der Waals surface area contributed by atoms with E-state index in [9.17, 15) is 5.11 Å². The van der Waals surface area contributed by atoms with Crippen LogP contribution >= 0.6 is 0 Å². The van der Waals surface area contributed by atoms with Crippen LogP contribution in [-0.2, 0) is 12.0 Å². The summed E-state index contributed by atoms with van der Waals surface area (Å²) in [5, 5.41) is 12.0. The quantitative estimate of drug-likeness (QED) is 0.602. The smallest absolute Gasteiger partial charge is 0.119 e. The fourth-order valence-corrected chi connectivity index (χ4v) is 4.50. The number of rotatable bonds is 5. The van der Waals surface area contributed by atoms with Crippen molar-refractivity contribution in [3.05, 3.63) is 101 Å². The first-order valence-electron chi connectivity index (χ1n) is 10.8. The summed E-state index contributed by atoms with van der Waals surface area (Å²) in [6.45, 7) is 6.50. The molecule has 1 aliphatic rings. The van der Waals surface area contributed by atoms with E-state index in [-0.39, 0.29) is 0 Å². The van der Waals surface area contributed by atoms with E-state index in [0.29, 0.717) is 6.42 Å². The molecule has 0 spiro atoms. The Morgan fingerprint density at radius 2 is 1.45 bits per heavy atom. The Balaban J connectivity index is 1.70. The van der Waals surface area contributed by atoms with Crippen LogP contribution in [0.3, 0.4) is 0 Å². The summed E-state index contributed by atoms with van der Waals surface area (Å²) in [6.07, 6.45) is 4.43. The maximum atomic E-state index is 12.0. The zero-order valence-electron chi connectivity index (χ0n) is 17.6. The fraction of sp³-hybridized carbons (Fsp3) is 0.333. The Labute approximate surface area is 174 Å². The van der Waals surface area contributed by atoms with Gasteiger partial charge in [0.15, 0.2) is 0 Å². The van der Waals surface area contributed by atoms with Gasteiger partial charge in [-0.25, -0.2) is 0 Å². The van der Waals surface area contributed by atoms with E-state index in [4.69, 9.17) is 0 Å². The minimum atomic E-state index is -1.05. The molecule has 0 bridgehead atoms. The van der Waals surface area contributed by atoms with Gasteiger partial charge in [0, 0.05) is 25.2 Å². The van der Waals surface area contributed by atoms with E-state index in [1.54, 1.807) is 0 Å². The van der Waals surface area contributed by atoms with Crippen molar-refractivity contribution in [3.63, 3.8) is 0 Å². The van der Waals surface area contributed by atoms with E-state index >= 15 is 0 Å². The molecule has 0 radical (unpaired) electrons. The molecule has 1 atom stereocenters. The average molecular weight is 386 g/mol. The maximum absolute atomic E-state index is 12.0. The molecule has 2 nitrogen and oxygen atoms in total. The largest absolute Gasteiger partial charge is 0.380 e. The maximum Gasteiger partial charge on any atom is 0.119 e. The summed E-state index contributed by atoms with van der Waals surface area (Å²) in [5.74, 6) is 0. The number of piperidine rings is 1. The molecular formula is C27H31NO. The molecule has 29 heavy (non-hydrogen) atoms. The predicted octanol–water partition coefficient (Wildman–Crippen LogP) is 5.77. The lowest BCUT2D eigenvalue weighted by Crippen LogP contribution is -2.31. The number of anilines is 1. The molecule has 1 fully saturated rings. The number of hydrogen-bond acceptors (Lipinski definition) is 2. The van der Waals surface area contributed by atoms with Crippen molar-refractivity contribution < 1.29 is 5.11 Å². The molecule has 0 saturated carbocycles. The average Bonchev–Trinajstić information content (AvgIpc) is 2.77. The van der Waals surface area contributed by atoms with Gasteiger partial charge < -0.3 is 10.0 Å². The van der Waals surface area contributed by atoms with Crippen molar-refractivity contribution in [1.29, 1.82) is 0 Å². The highest BCUT2D eigenvalue weighted by atomic mass is 16.3. The molecule has 1 aliphatic heterocycles. The Morgan fingerprint density at radius 1 is 0.793 bits per heavy atom. The Bertz CT molecular complexity index is 942. The lowest BCUT2D eigenvalue weighted by molar-refractivity contribution is 0.0810. The third-order valence-corrected chi connectivity index (χ3v) is 6.26. The van der Waals surface area contributed by atoms with Crippen molar-refractivity contribution in [3.8, 4) is 0 Å². The van der Waals surface area contributed by atoms with Crippen LogP contribution in [0.4, 0.5) is 5.69 Å². The summed E-state index contributed by atoms with van der Waals surface area (Å²) in [5.41, 5.74) is 5.75. The highest BCUT2D eigenvalue weighted by Crippen LogP contribution is 2.35. The predicted molar refractivity (Wildman–Crippen MR) is 122 cm³/mol. The zero-order chi connectivity index (χ0) is 20.3. The highest BCUT2D eigenvalue weighted by Gasteiger charge is 2.32. The zero-order valence-corrected chi connectivity index (χ0v) is 17.6. The van der Waals surface area contributed by atoms with E-state index in [2.05, 4.69) is 61.2 Å². The molecule has 2 heteroatoms. The van der Waals surface area contributed by atoms with Crippen LogP contribution in [0.2, 0.25) is 0 Å². The summed E-state index contributed by atoms with van der Waals surface area (Å²) in [4.78, 5) is 2.46. The molecule has 0 amide bonds. The lowest BCUT2D eigenvalue weighted by Gasteiger charge is -2.32. The molecule has 3 aromatic carbocycles. The van der Waals surface area contributed by atoms with Gasteiger partial charge in [0.05, 0.1) is 0 Å². The van der Waals surface area contributed by atoms with Crippen LogP contribution in [0.15, 0.2) is 72.8 Å². The number of aryl methyl sites for hydroxylation is 2. The van der Waals surface area contributed by atoms with Crippen LogP contribution in [0.25, 0.3) is 0 Å². The van der Waals surface area contributed by atoms with E-state index < -0.39 is 5.60 Å². The second kappa shape index (κ2) is 8.42. The molecule has 1 unspecified atom stereocenters. The van der Waals surface area contributed by atoms with Crippen LogP contribution in [0.1, 0.15) is 47.1 Å².